The van der Waals surface area contributed by atoms with Crippen molar-refractivity contribution in [2.24, 2.45) is 0 Å². The van der Waals surface area contributed by atoms with Crippen molar-refractivity contribution >= 4 is 11.5 Å². The summed E-state index contributed by atoms with van der Waals surface area (Å²) in [5, 5.41) is 10.2. The van der Waals surface area contributed by atoms with Crippen molar-refractivity contribution in [1.82, 2.24) is 14.9 Å². The zero-order chi connectivity index (χ0) is 26.8. The molecular weight excluding hydrogens is 487 g/mol. The van der Waals surface area contributed by atoms with Crippen LogP contribution in [0.1, 0.15) is 104 Å². The number of alkyl halides is 1. The summed E-state index contributed by atoms with van der Waals surface area (Å²) in [6.45, 7) is 6.02. The Morgan fingerprint density at radius 1 is 1.13 bits per heavy atom. The highest BCUT2D eigenvalue weighted by molar-refractivity contribution is 5.65. The first-order valence-electron chi connectivity index (χ1n) is 15.3. The van der Waals surface area contributed by atoms with E-state index >= 15 is 0 Å². The van der Waals surface area contributed by atoms with Gasteiger partial charge < -0.3 is 10.6 Å². The van der Waals surface area contributed by atoms with Crippen LogP contribution in [0, 0.1) is 11.3 Å². The SMILES string of the molecule is CC1CCC2(CCc3c(nc(CCC45CCCN4CC(F)C5)nc3N3CCCC3)C2)c2c1ccc(N)c2C#N. The molecule has 4 heterocycles. The van der Waals surface area contributed by atoms with E-state index in [1.165, 1.54) is 41.6 Å². The van der Waals surface area contributed by atoms with Crippen molar-refractivity contribution in [1.29, 1.82) is 5.26 Å². The minimum atomic E-state index is -0.703. The van der Waals surface area contributed by atoms with Gasteiger partial charge in [0.1, 0.15) is 23.9 Å². The highest BCUT2D eigenvalue weighted by Crippen LogP contribution is 2.52. The number of halogens is 1. The van der Waals surface area contributed by atoms with Crippen LogP contribution in [0.4, 0.5) is 15.9 Å². The van der Waals surface area contributed by atoms with Crippen LogP contribution in [0.3, 0.4) is 0 Å². The molecule has 1 spiro atoms. The molecule has 2 N–H and O–H groups in total. The second-order valence-corrected chi connectivity index (χ2v) is 13.2. The third kappa shape index (κ3) is 4.05. The number of nitrogen functional groups attached to an aromatic ring is 1. The molecule has 3 saturated heterocycles. The molecule has 1 aromatic carbocycles. The molecule has 4 atom stereocenters. The Hall–Kier alpha value is -2.72. The van der Waals surface area contributed by atoms with Gasteiger partial charge >= 0.3 is 0 Å². The molecule has 4 unspecified atom stereocenters. The van der Waals surface area contributed by atoms with Gasteiger partial charge in [0.15, 0.2) is 0 Å². The summed E-state index contributed by atoms with van der Waals surface area (Å²) in [5.74, 6) is 2.50. The number of aromatic nitrogens is 2. The molecule has 0 bridgehead atoms. The third-order valence-electron chi connectivity index (χ3n) is 11.0. The van der Waals surface area contributed by atoms with Crippen molar-refractivity contribution in [3.05, 3.63) is 45.9 Å². The van der Waals surface area contributed by atoms with Crippen molar-refractivity contribution in [2.45, 2.75) is 107 Å². The largest absolute Gasteiger partial charge is 0.398 e. The highest BCUT2D eigenvalue weighted by atomic mass is 19.1. The summed E-state index contributed by atoms with van der Waals surface area (Å²) in [7, 11) is 0. The molecule has 0 radical (unpaired) electrons. The molecule has 6 nitrogen and oxygen atoms in total. The van der Waals surface area contributed by atoms with Crippen molar-refractivity contribution < 1.29 is 4.39 Å². The maximum Gasteiger partial charge on any atom is 0.135 e. The normalized spacial score (nSPS) is 31.8. The Kier molecular flexibility index (Phi) is 6.11. The lowest BCUT2D eigenvalue weighted by molar-refractivity contribution is 0.181. The van der Waals surface area contributed by atoms with Gasteiger partial charge in [0.2, 0.25) is 0 Å². The molecule has 3 fully saturated rings. The Morgan fingerprint density at radius 3 is 2.79 bits per heavy atom. The number of nitriles is 1. The van der Waals surface area contributed by atoms with E-state index in [-0.39, 0.29) is 11.0 Å². The molecule has 39 heavy (non-hydrogen) atoms. The summed E-state index contributed by atoms with van der Waals surface area (Å²) in [4.78, 5) is 15.4. The molecular formula is C32H41FN6. The van der Waals surface area contributed by atoms with Gasteiger partial charge in [-0.05, 0) is 100 Å². The monoisotopic (exact) mass is 528 g/mol. The van der Waals surface area contributed by atoms with Crippen LogP contribution >= 0.6 is 0 Å². The zero-order valence-corrected chi connectivity index (χ0v) is 23.3. The number of benzene rings is 1. The van der Waals surface area contributed by atoms with Crippen LogP contribution in [0.5, 0.6) is 0 Å². The van der Waals surface area contributed by atoms with Crippen LogP contribution in [0.2, 0.25) is 0 Å². The first-order valence-corrected chi connectivity index (χ1v) is 15.3. The first-order chi connectivity index (χ1) is 18.9. The predicted octanol–water partition coefficient (Wildman–Crippen LogP) is 5.36. The van der Waals surface area contributed by atoms with E-state index in [1.54, 1.807) is 0 Å². The van der Waals surface area contributed by atoms with Crippen LogP contribution in [-0.4, -0.2) is 52.8 Å². The van der Waals surface area contributed by atoms with E-state index in [4.69, 9.17) is 15.7 Å². The Morgan fingerprint density at radius 2 is 1.97 bits per heavy atom. The molecule has 3 aliphatic heterocycles. The number of hydrogen-bond donors (Lipinski definition) is 1. The number of rotatable bonds is 4. The van der Waals surface area contributed by atoms with Gasteiger partial charge in [0, 0.05) is 48.3 Å². The highest BCUT2D eigenvalue weighted by Gasteiger charge is 2.49. The predicted molar refractivity (Wildman–Crippen MR) is 152 cm³/mol. The molecule has 1 aromatic heterocycles. The second kappa shape index (κ2) is 9.44. The molecule has 7 rings (SSSR count). The van der Waals surface area contributed by atoms with E-state index in [2.05, 4.69) is 28.9 Å². The molecule has 7 heteroatoms. The fraction of sp³-hybridized carbons (Fsp3) is 0.656. The number of anilines is 2. The summed E-state index contributed by atoms with van der Waals surface area (Å²) in [6, 6.07) is 6.57. The lowest BCUT2D eigenvalue weighted by Gasteiger charge is -2.45. The summed E-state index contributed by atoms with van der Waals surface area (Å²) >= 11 is 0. The van der Waals surface area contributed by atoms with Crippen molar-refractivity contribution in [3.63, 3.8) is 0 Å². The van der Waals surface area contributed by atoms with Crippen molar-refractivity contribution in [2.75, 3.05) is 36.8 Å². The van der Waals surface area contributed by atoms with Gasteiger partial charge in [-0.2, -0.15) is 5.26 Å². The fourth-order valence-electron chi connectivity index (χ4n) is 8.94. The molecule has 0 amide bonds. The molecule has 0 saturated carbocycles. The number of aryl methyl sites for hydroxylation is 1. The Balaban J connectivity index is 1.27. The van der Waals surface area contributed by atoms with E-state index in [9.17, 15) is 9.65 Å². The average Bonchev–Trinajstić information content (AvgIpc) is 3.66. The van der Waals surface area contributed by atoms with Crippen LogP contribution in [0.25, 0.3) is 0 Å². The van der Waals surface area contributed by atoms with Gasteiger partial charge in [-0.1, -0.05) is 13.0 Å². The maximum atomic E-state index is 14.4. The van der Waals surface area contributed by atoms with Crippen LogP contribution in [0.15, 0.2) is 12.1 Å². The zero-order valence-electron chi connectivity index (χ0n) is 23.3. The van der Waals surface area contributed by atoms with E-state index < -0.39 is 6.17 Å². The number of fused-ring (bicyclic) bond motifs is 4. The second-order valence-electron chi connectivity index (χ2n) is 13.2. The number of hydrogen-bond acceptors (Lipinski definition) is 6. The quantitative estimate of drug-likeness (QED) is 0.538. The minimum Gasteiger partial charge on any atom is -0.398 e. The Labute approximate surface area is 231 Å². The van der Waals surface area contributed by atoms with Gasteiger partial charge in [-0.3, -0.25) is 4.90 Å². The topological polar surface area (TPSA) is 82.1 Å². The van der Waals surface area contributed by atoms with Crippen LogP contribution in [-0.2, 0) is 24.7 Å². The van der Waals surface area contributed by atoms with Crippen LogP contribution < -0.4 is 10.6 Å². The summed E-state index contributed by atoms with van der Waals surface area (Å²) < 4.78 is 14.4. The third-order valence-corrected chi connectivity index (χ3v) is 11.0. The molecule has 2 aliphatic carbocycles. The molecule has 5 aliphatic rings. The lowest BCUT2D eigenvalue weighted by Crippen LogP contribution is -2.40. The van der Waals surface area contributed by atoms with E-state index in [0.717, 1.165) is 82.6 Å². The standard InChI is InChI=1S/C32H41FN6/c1-21-7-11-31(29-23(21)5-6-26(35)25(29)19-34)12-8-24-27(18-31)36-28(37-30(24)38-14-2-3-15-38)9-13-32-10-4-16-39(32)20-22(33)17-32/h5-6,21-22H,2-4,7-18,20,35H2,1H3. The minimum absolute atomic E-state index is 0.00855. The Bertz CT molecular complexity index is 1330. The summed E-state index contributed by atoms with van der Waals surface area (Å²) in [6.07, 6.45) is 11.4. The van der Waals surface area contributed by atoms with E-state index in [0.29, 0.717) is 30.1 Å². The smallest absolute Gasteiger partial charge is 0.135 e. The maximum absolute atomic E-state index is 14.4. The first kappa shape index (κ1) is 25.3. The van der Waals surface area contributed by atoms with E-state index in [1.807, 2.05) is 6.07 Å². The fourth-order valence-corrected chi connectivity index (χ4v) is 8.94. The molecule has 2 aromatic rings. The van der Waals surface area contributed by atoms with Crippen molar-refractivity contribution in [3.8, 4) is 6.07 Å². The molecule has 206 valence electrons. The number of nitrogens with two attached hydrogens (primary N) is 1. The lowest BCUT2D eigenvalue weighted by atomic mass is 9.59. The average molecular weight is 529 g/mol. The van der Waals surface area contributed by atoms with Gasteiger partial charge in [-0.25, -0.2) is 14.4 Å². The van der Waals surface area contributed by atoms with Gasteiger partial charge in [0.05, 0.1) is 11.3 Å². The van der Waals surface area contributed by atoms with Gasteiger partial charge in [0.25, 0.3) is 0 Å². The summed E-state index contributed by atoms with van der Waals surface area (Å²) in [5.41, 5.74) is 12.5. The van der Waals surface area contributed by atoms with Gasteiger partial charge in [-0.15, -0.1) is 0 Å². The number of nitrogens with zero attached hydrogens (tertiary/aromatic N) is 5.